The van der Waals surface area contributed by atoms with Gasteiger partial charge in [0.25, 0.3) is 5.91 Å². The van der Waals surface area contributed by atoms with Crippen LogP contribution in [0.25, 0.3) is 0 Å². The van der Waals surface area contributed by atoms with Crippen molar-refractivity contribution in [2.75, 3.05) is 6.54 Å². The molecule has 0 fully saturated rings. The van der Waals surface area contributed by atoms with Crippen molar-refractivity contribution in [2.24, 2.45) is 0 Å². The van der Waals surface area contributed by atoms with E-state index in [2.05, 4.69) is 10.2 Å². The number of nitrogens with zero attached hydrogens (tertiary/aromatic N) is 4. The number of amides is 1. The molecule has 0 saturated carbocycles. The second-order valence-electron chi connectivity index (χ2n) is 6.34. The number of fused-ring (bicyclic) bond motifs is 1. The third-order valence-corrected chi connectivity index (χ3v) is 5.22. The highest BCUT2D eigenvalue weighted by atomic mass is 35.5. The monoisotopic (exact) mass is 402 g/mol. The Kier molecular flexibility index (Phi) is 4.76. The largest absolute Gasteiger partial charge is 0.507 e. The van der Waals surface area contributed by atoms with Gasteiger partial charge in [0.15, 0.2) is 5.82 Å². The van der Waals surface area contributed by atoms with Gasteiger partial charge in [-0.3, -0.25) is 4.79 Å². The molecule has 0 radical (unpaired) electrons. The average molecular weight is 403 g/mol. The summed E-state index contributed by atoms with van der Waals surface area (Å²) in [5.41, 5.74) is 1.21. The van der Waals surface area contributed by atoms with Crippen molar-refractivity contribution in [1.82, 2.24) is 19.7 Å². The van der Waals surface area contributed by atoms with Gasteiger partial charge in [-0.1, -0.05) is 41.4 Å². The van der Waals surface area contributed by atoms with Gasteiger partial charge in [0.1, 0.15) is 11.6 Å². The van der Waals surface area contributed by atoms with Gasteiger partial charge in [0, 0.05) is 29.6 Å². The molecule has 2 heterocycles. The Labute approximate surface area is 166 Å². The molecular formula is C19H16Cl2N4O2. The molecule has 0 saturated heterocycles. The fourth-order valence-electron chi connectivity index (χ4n) is 3.19. The van der Waals surface area contributed by atoms with E-state index in [1.807, 2.05) is 28.8 Å². The molecule has 0 bridgehead atoms. The van der Waals surface area contributed by atoms with Crippen LogP contribution in [0.15, 0.2) is 42.5 Å². The fraction of sp³-hybridized carbons (Fsp3) is 0.211. The number of aromatic nitrogens is 3. The first-order chi connectivity index (χ1) is 13.0. The van der Waals surface area contributed by atoms with E-state index in [0.717, 1.165) is 11.4 Å². The lowest BCUT2D eigenvalue weighted by atomic mass is 10.1. The topological polar surface area (TPSA) is 71.2 Å². The quantitative estimate of drug-likeness (QED) is 0.726. The molecule has 6 nitrogen and oxygen atoms in total. The van der Waals surface area contributed by atoms with Crippen LogP contribution in [0.3, 0.4) is 0 Å². The molecule has 8 heteroatoms. The van der Waals surface area contributed by atoms with Crippen molar-refractivity contribution < 1.29 is 9.90 Å². The average Bonchev–Trinajstić information content (AvgIpc) is 3.05. The second-order valence-corrected chi connectivity index (χ2v) is 7.18. The van der Waals surface area contributed by atoms with Crippen LogP contribution < -0.4 is 0 Å². The lowest BCUT2D eigenvalue weighted by Gasteiger charge is -2.28. The maximum atomic E-state index is 12.7. The molecule has 27 heavy (non-hydrogen) atoms. The van der Waals surface area contributed by atoms with Gasteiger partial charge in [0.2, 0.25) is 0 Å². The highest BCUT2D eigenvalue weighted by Gasteiger charge is 2.26. The standard InChI is InChI=1S/C19H16Cl2N4O2/c20-13-5-6-14(16(26)10-13)19(27)24-7-8-25-17(22-23-18(25)11-24)9-12-3-1-2-4-15(12)21/h1-6,10,26H,7-9,11H2. The van der Waals surface area contributed by atoms with Gasteiger partial charge < -0.3 is 14.6 Å². The molecule has 0 unspecified atom stereocenters. The molecule has 1 aliphatic rings. The Balaban J connectivity index is 1.54. The van der Waals surface area contributed by atoms with Crippen LogP contribution in [0.2, 0.25) is 10.0 Å². The maximum absolute atomic E-state index is 12.7. The van der Waals surface area contributed by atoms with Crippen LogP contribution >= 0.6 is 23.2 Å². The minimum Gasteiger partial charge on any atom is -0.507 e. The zero-order chi connectivity index (χ0) is 19.0. The van der Waals surface area contributed by atoms with Crippen molar-refractivity contribution >= 4 is 29.1 Å². The first-order valence-electron chi connectivity index (χ1n) is 8.45. The zero-order valence-corrected chi connectivity index (χ0v) is 15.8. The number of carbonyl (C=O) groups is 1. The van der Waals surface area contributed by atoms with Crippen molar-refractivity contribution in [1.29, 1.82) is 0 Å². The summed E-state index contributed by atoms with van der Waals surface area (Å²) in [6, 6.07) is 12.1. The highest BCUT2D eigenvalue weighted by Crippen LogP contribution is 2.25. The molecule has 3 aromatic rings. The summed E-state index contributed by atoms with van der Waals surface area (Å²) < 4.78 is 2.02. The number of aromatic hydroxyl groups is 1. The van der Waals surface area contributed by atoms with E-state index in [4.69, 9.17) is 23.2 Å². The third kappa shape index (κ3) is 3.50. The van der Waals surface area contributed by atoms with Crippen LogP contribution in [0.1, 0.15) is 27.6 Å². The summed E-state index contributed by atoms with van der Waals surface area (Å²) in [5, 5.41) is 19.6. The molecule has 0 spiro atoms. The summed E-state index contributed by atoms with van der Waals surface area (Å²) in [6.45, 7) is 1.42. The predicted molar refractivity (Wildman–Crippen MR) is 102 cm³/mol. The van der Waals surface area contributed by atoms with Crippen molar-refractivity contribution in [3.63, 3.8) is 0 Å². The first-order valence-corrected chi connectivity index (χ1v) is 9.20. The van der Waals surface area contributed by atoms with Crippen molar-refractivity contribution in [2.45, 2.75) is 19.5 Å². The number of rotatable bonds is 3. The van der Waals surface area contributed by atoms with Gasteiger partial charge in [-0.25, -0.2) is 0 Å². The molecule has 1 amide bonds. The van der Waals surface area contributed by atoms with Crippen LogP contribution in [-0.4, -0.2) is 37.2 Å². The van der Waals surface area contributed by atoms with Gasteiger partial charge >= 0.3 is 0 Å². The first kappa shape index (κ1) is 17.8. The number of carbonyl (C=O) groups excluding carboxylic acids is 1. The number of phenols is 1. The smallest absolute Gasteiger partial charge is 0.258 e. The van der Waals surface area contributed by atoms with Crippen LogP contribution in [0.5, 0.6) is 5.75 Å². The summed E-state index contributed by atoms with van der Waals surface area (Å²) in [7, 11) is 0. The Hall–Kier alpha value is -2.57. The lowest BCUT2D eigenvalue weighted by Crippen LogP contribution is -2.38. The van der Waals surface area contributed by atoms with E-state index in [-0.39, 0.29) is 17.2 Å². The van der Waals surface area contributed by atoms with Gasteiger partial charge in [-0.15, -0.1) is 10.2 Å². The molecule has 0 atom stereocenters. The number of phenolic OH excluding ortho intramolecular Hbond substituents is 1. The molecule has 138 valence electrons. The van der Waals surface area contributed by atoms with E-state index in [0.29, 0.717) is 41.9 Å². The molecule has 1 aliphatic heterocycles. The number of halogens is 2. The minimum absolute atomic E-state index is 0.126. The Morgan fingerprint density at radius 3 is 2.70 bits per heavy atom. The SMILES string of the molecule is O=C(c1ccc(Cl)cc1O)N1CCn2c(Cc3ccccc3Cl)nnc2C1. The number of benzene rings is 2. The molecule has 2 aromatic carbocycles. The van der Waals surface area contributed by atoms with Crippen LogP contribution in [-0.2, 0) is 19.5 Å². The lowest BCUT2D eigenvalue weighted by molar-refractivity contribution is 0.0703. The maximum Gasteiger partial charge on any atom is 0.258 e. The minimum atomic E-state index is -0.258. The highest BCUT2D eigenvalue weighted by molar-refractivity contribution is 6.31. The van der Waals surface area contributed by atoms with E-state index in [1.165, 1.54) is 12.1 Å². The van der Waals surface area contributed by atoms with Crippen molar-refractivity contribution in [3.05, 3.63) is 75.3 Å². The van der Waals surface area contributed by atoms with Gasteiger partial charge in [-0.05, 0) is 29.8 Å². The Morgan fingerprint density at radius 1 is 1.11 bits per heavy atom. The Morgan fingerprint density at radius 2 is 1.93 bits per heavy atom. The summed E-state index contributed by atoms with van der Waals surface area (Å²) >= 11 is 12.1. The van der Waals surface area contributed by atoms with Crippen LogP contribution in [0.4, 0.5) is 0 Å². The molecule has 1 N–H and O–H groups in total. The normalized spacial score (nSPS) is 13.5. The number of hydrogen-bond acceptors (Lipinski definition) is 4. The van der Waals surface area contributed by atoms with Gasteiger partial charge in [0.05, 0.1) is 12.1 Å². The van der Waals surface area contributed by atoms with E-state index in [1.54, 1.807) is 11.0 Å². The Bertz CT molecular complexity index is 1020. The van der Waals surface area contributed by atoms with E-state index >= 15 is 0 Å². The van der Waals surface area contributed by atoms with Crippen LogP contribution in [0, 0.1) is 0 Å². The molecule has 1 aromatic heterocycles. The summed E-state index contributed by atoms with van der Waals surface area (Å²) in [6.07, 6.45) is 0.582. The fourth-order valence-corrected chi connectivity index (χ4v) is 3.56. The molecule has 0 aliphatic carbocycles. The second kappa shape index (κ2) is 7.21. The van der Waals surface area contributed by atoms with Crippen molar-refractivity contribution in [3.8, 4) is 5.75 Å². The predicted octanol–water partition coefficient (Wildman–Crippen LogP) is 3.54. The molecule has 4 rings (SSSR count). The number of hydrogen-bond donors (Lipinski definition) is 1. The van der Waals surface area contributed by atoms with E-state index in [9.17, 15) is 9.90 Å². The molecular weight excluding hydrogens is 387 g/mol. The summed E-state index contributed by atoms with van der Waals surface area (Å²) in [4.78, 5) is 14.4. The summed E-state index contributed by atoms with van der Waals surface area (Å²) in [5.74, 6) is 1.15. The van der Waals surface area contributed by atoms with Gasteiger partial charge in [-0.2, -0.15) is 0 Å². The third-order valence-electron chi connectivity index (χ3n) is 4.61. The zero-order valence-electron chi connectivity index (χ0n) is 14.3. The van der Waals surface area contributed by atoms with E-state index < -0.39 is 0 Å².